The maximum absolute atomic E-state index is 15.1. The summed E-state index contributed by atoms with van der Waals surface area (Å²) in [5.41, 5.74) is 2.12. The maximum atomic E-state index is 15.1. The molecule has 2 aromatic heterocycles. The van der Waals surface area contributed by atoms with Crippen LogP contribution < -0.4 is 19.5 Å². The summed E-state index contributed by atoms with van der Waals surface area (Å²) < 4.78 is 32.3. The average Bonchev–Trinajstić information content (AvgIpc) is 3.22. The van der Waals surface area contributed by atoms with Gasteiger partial charge in [0.25, 0.3) is 0 Å². The van der Waals surface area contributed by atoms with Gasteiger partial charge in [-0.2, -0.15) is 0 Å². The van der Waals surface area contributed by atoms with Crippen LogP contribution in [0.4, 0.5) is 9.18 Å². The molecule has 0 bridgehead atoms. The summed E-state index contributed by atoms with van der Waals surface area (Å²) in [7, 11) is 1.50. The van der Waals surface area contributed by atoms with Crippen molar-refractivity contribution in [2.75, 3.05) is 26.7 Å². The van der Waals surface area contributed by atoms with Gasteiger partial charge < -0.3 is 29.4 Å². The molecule has 1 fully saturated rings. The van der Waals surface area contributed by atoms with Crippen LogP contribution in [0.25, 0.3) is 21.8 Å². The Hall–Kier alpha value is -3.85. The van der Waals surface area contributed by atoms with Crippen molar-refractivity contribution in [1.29, 1.82) is 0 Å². The molecule has 4 aromatic rings. The fourth-order valence-electron chi connectivity index (χ4n) is 4.21. The van der Waals surface area contributed by atoms with Gasteiger partial charge in [-0.05, 0) is 44.2 Å². The van der Waals surface area contributed by atoms with Crippen molar-refractivity contribution in [3.63, 3.8) is 0 Å². The Morgan fingerprint density at radius 1 is 1.12 bits per heavy atom. The van der Waals surface area contributed by atoms with Crippen LogP contribution in [0.5, 0.6) is 23.0 Å². The van der Waals surface area contributed by atoms with Crippen molar-refractivity contribution in [3.05, 3.63) is 54.1 Å². The molecule has 0 aliphatic carbocycles. The van der Waals surface area contributed by atoms with Crippen molar-refractivity contribution in [2.45, 2.75) is 19.9 Å². The lowest BCUT2D eigenvalue weighted by Crippen LogP contribution is -2.53. The number of H-pyrrole nitrogens is 1. The average molecular weight is 464 g/mol. The molecule has 8 nitrogen and oxygen atoms in total. The quantitative estimate of drug-likeness (QED) is 0.453. The van der Waals surface area contributed by atoms with Crippen molar-refractivity contribution < 1.29 is 23.4 Å². The lowest BCUT2D eigenvalue weighted by molar-refractivity contribution is 0.123. The van der Waals surface area contributed by atoms with Crippen molar-refractivity contribution >= 4 is 27.9 Å². The van der Waals surface area contributed by atoms with E-state index in [0.29, 0.717) is 52.9 Å². The Kier molecular flexibility index (Phi) is 5.70. The van der Waals surface area contributed by atoms with Gasteiger partial charge in [-0.15, -0.1) is 0 Å². The third-order valence-electron chi connectivity index (χ3n) is 5.98. The van der Waals surface area contributed by atoms with E-state index in [0.717, 1.165) is 5.69 Å². The maximum Gasteiger partial charge on any atom is 0.415 e. The van der Waals surface area contributed by atoms with E-state index in [1.54, 1.807) is 47.5 Å². The zero-order valence-corrected chi connectivity index (χ0v) is 19.1. The van der Waals surface area contributed by atoms with Crippen LogP contribution in [0, 0.1) is 12.7 Å². The SMILES string of the molecule is COc1cc2nccc(Oc3ccc4[nH]c(C)cc4c3F)c2cc1OC(=O)N1CCNC[C@H]1C. The van der Waals surface area contributed by atoms with Crippen LogP contribution in [0.3, 0.4) is 0 Å². The first-order valence-corrected chi connectivity index (χ1v) is 11.1. The van der Waals surface area contributed by atoms with Gasteiger partial charge >= 0.3 is 6.09 Å². The molecule has 0 spiro atoms. The third-order valence-corrected chi connectivity index (χ3v) is 5.98. The normalized spacial score (nSPS) is 16.1. The summed E-state index contributed by atoms with van der Waals surface area (Å²) in [5.74, 6) is 0.609. The highest BCUT2D eigenvalue weighted by molar-refractivity contribution is 5.89. The number of pyridine rings is 1. The molecule has 0 saturated carbocycles. The first kappa shape index (κ1) is 22.0. The second-order valence-corrected chi connectivity index (χ2v) is 8.34. The van der Waals surface area contributed by atoms with Gasteiger partial charge in [-0.3, -0.25) is 4.98 Å². The second-order valence-electron chi connectivity index (χ2n) is 8.34. The molecule has 176 valence electrons. The number of fused-ring (bicyclic) bond motifs is 2. The van der Waals surface area contributed by atoms with E-state index in [9.17, 15) is 4.79 Å². The predicted octanol–water partition coefficient (Wildman–Crippen LogP) is 4.76. The highest BCUT2D eigenvalue weighted by Gasteiger charge is 2.26. The van der Waals surface area contributed by atoms with Crippen molar-refractivity contribution in [3.8, 4) is 23.0 Å². The first-order valence-electron chi connectivity index (χ1n) is 11.1. The second kappa shape index (κ2) is 8.83. The molecule has 1 aliphatic rings. The highest BCUT2D eigenvalue weighted by atomic mass is 19.1. The van der Waals surface area contributed by atoms with Gasteiger partial charge in [-0.1, -0.05) is 0 Å². The monoisotopic (exact) mass is 464 g/mol. The number of piperazine rings is 1. The number of aromatic nitrogens is 2. The Labute approximate surface area is 195 Å². The summed E-state index contributed by atoms with van der Waals surface area (Å²) in [4.78, 5) is 22.0. The first-order chi connectivity index (χ1) is 16.4. The number of methoxy groups -OCH3 is 1. The number of rotatable bonds is 4. The molecule has 1 aliphatic heterocycles. The van der Waals surface area contributed by atoms with Crippen LogP contribution in [-0.2, 0) is 0 Å². The lowest BCUT2D eigenvalue weighted by Gasteiger charge is -2.33. The molecule has 1 amide bonds. The summed E-state index contributed by atoms with van der Waals surface area (Å²) in [5, 5.41) is 4.26. The zero-order valence-electron chi connectivity index (χ0n) is 19.1. The van der Waals surface area contributed by atoms with Gasteiger partial charge in [0.2, 0.25) is 0 Å². The number of nitrogens with one attached hydrogen (secondary N) is 2. The van der Waals surface area contributed by atoms with E-state index in [2.05, 4.69) is 15.3 Å². The number of amides is 1. The van der Waals surface area contributed by atoms with Crippen LogP contribution in [0.2, 0.25) is 0 Å². The molecule has 2 aromatic carbocycles. The lowest BCUT2D eigenvalue weighted by atomic mass is 10.1. The number of hydrogen-bond acceptors (Lipinski definition) is 6. The fraction of sp³-hybridized carbons (Fsp3) is 0.280. The van der Waals surface area contributed by atoms with Gasteiger partial charge in [0.1, 0.15) is 5.75 Å². The third kappa shape index (κ3) is 3.99. The molecular formula is C25H25FN4O4. The standard InChI is InChI=1S/C25H25FN4O4/c1-14-10-17-18(29-14)4-5-21(24(17)26)33-20-6-7-28-19-12-22(32-3)23(11-16(19)20)34-25(31)30-9-8-27-13-15(30)2/h4-7,10-12,15,27,29H,8-9,13H2,1-3H3/t15-/m1/s1. The zero-order chi connectivity index (χ0) is 23.8. The number of nitrogens with zero attached hydrogens (tertiary/aromatic N) is 2. The number of carbonyl (C=O) groups excluding carboxylic acids is 1. The molecule has 1 saturated heterocycles. The van der Waals surface area contributed by atoms with E-state index >= 15 is 4.39 Å². The number of benzene rings is 2. The molecule has 9 heteroatoms. The van der Waals surface area contributed by atoms with Gasteiger partial charge in [0, 0.05) is 59.9 Å². The van der Waals surface area contributed by atoms with Gasteiger partial charge in [-0.25, -0.2) is 9.18 Å². The minimum Gasteiger partial charge on any atom is -0.493 e. The summed E-state index contributed by atoms with van der Waals surface area (Å²) in [6.07, 6.45) is 1.11. The summed E-state index contributed by atoms with van der Waals surface area (Å²) >= 11 is 0. The molecule has 5 rings (SSSR count). The van der Waals surface area contributed by atoms with E-state index in [1.165, 1.54) is 7.11 Å². The van der Waals surface area contributed by atoms with Crippen molar-refractivity contribution in [2.24, 2.45) is 0 Å². The Morgan fingerprint density at radius 3 is 2.76 bits per heavy atom. The van der Waals surface area contributed by atoms with Crippen LogP contribution in [0.15, 0.2) is 42.6 Å². The number of halogens is 1. The largest absolute Gasteiger partial charge is 0.493 e. The van der Waals surface area contributed by atoms with E-state index in [4.69, 9.17) is 14.2 Å². The molecule has 1 atom stereocenters. The molecule has 34 heavy (non-hydrogen) atoms. The molecule has 3 heterocycles. The van der Waals surface area contributed by atoms with E-state index in [1.807, 2.05) is 13.8 Å². The topological polar surface area (TPSA) is 88.7 Å². The van der Waals surface area contributed by atoms with Gasteiger partial charge in [0.15, 0.2) is 23.1 Å². The molecule has 0 unspecified atom stereocenters. The predicted molar refractivity (Wildman–Crippen MR) is 126 cm³/mol. The van der Waals surface area contributed by atoms with Gasteiger partial charge in [0.05, 0.1) is 12.6 Å². The highest BCUT2D eigenvalue weighted by Crippen LogP contribution is 2.38. The van der Waals surface area contributed by atoms with Crippen LogP contribution >= 0.6 is 0 Å². The Bertz CT molecular complexity index is 1390. The van der Waals surface area contributed by atoms with E-state index < -0.39 is 11.9 Å². The molecule has 0 radical (unpaired) electrons. The minimum atomic E-state index is -0.461. The minimum absolute atomic E-state index is 0.00298. The summed E-state index contributed by atoms with van der Waals surface area (Å²) in [6, 6.07) is 10.0. The molecular weight excluding hydrogens is 439 g/mol. The number of aryl methyl sites for hydroxylation is 1. The number of carbonyl (C=O) groups is 1. The summed E-state index contributed by atoms with van der Waals surface area (Å²) in [6.45, 7) is 5.77. The number of hydrogen-bond donors (Lipinski definition) is 2. The fourth-order valence-corrected chi connectivity index (χ4v) is 4.21. The van der Waals surface area contributed by atoms with E-state index in [-0.39, 0.29) is 17.5 Å². The number of aromatic amines is 1. The van der Waals surface area contributed by atoms with Crippen LogP contribution in [-0.4, -0.2) is 53.7 Å². The van der Waals surface area contributed by atoms with Crippen LogP contribution in [0.1, 0.15) is 12.6 Å². The Morgan fingerprint density at radius 2 is 1.97 bits per heavy atom. The smallest absolute Gasteiger partial charge is 0.415 e. The Balaban J connectivity index is 1.51. The number of ether oxygens (including phenoxy) is 3. The molecule has 2 N–H and O–H groups in total. The van der Waals surface area contributed by atoms with Crippen molar-refractivity contribution in [1.82, 2.24) is 20.2 Å².